The average Bonchev–Trinajstić information content (AvgIpc) is 2.67. The number of H-pyrrole nitrogens is 1. The predicted octanol–water partition coefficient (Wildman–Crippen LogP) is 3.10. The number of amides is 1. The number of benzene rings is 2. The van der Waals surface area contributed by atoms with Gasteiger partial charge in [0.05, 0.1) is 17.1 Å². The molecule has 2 aromatic carbocycles. The molecule has 3 aromatic rings. The van der Waals surface area contributed by atoms with Crippen molar-refractivity contribution in [2.45, 2.75) is 19.9 Å². The lowest BCUT2D eigenvalue weighted by Gasteiger charge is -2.21. The maximum atomic E-state index is 12.9. The Morgan fingerprint density at radius 1 is 1.11 bits per heavy atom. The van der Waals surface area contributed by atoms with Gasteiger partial charge in [-0.3, -0.25) is 9.59 Å². The molecule has 2 heterocycles. The molecule has 0 bridgehead atoms. The molecule has 0 saturated carbocycles. The van der Waals surface area contributed by atoms with E-state index >= 15 is 0 Å². The molecule has 0 spiro atoms. The summed E-state index contributed by atoms with van der Waals surface area (Å²) in [5.41, 5.74) is 2.52. The van der Waals surface area contributed by atoms with Crippen LogP contribution < -0.4 is 20.2 Å². The molecule has 27 heavy (non-hydrogen) atoms. The molecule has 138 valence electrons. The topological polar surface area (TPSA) is 80.4 Å². The lowest BCUT2D eigenvalue weighted by Crippen LogP contribution is -2.27. The number of fused-ring (bicyclic) bond motifs is 2. The third kappa shape index (κ3) is 3.26. The van der Waals surface area contributed by atoms with E-state index in [-0.39, 0.29) is 17.4 Å². The van der Waals surface area contributed by atoms with E-state index in [4.69, 9.17) is 9.47 Å². The van der Waals surface area contributed by atoms with Crippen LogP contribution in [0.25, 0.3) is 10.9 Å². The van der Waals surface area contributed by atoms with E-state index in [0.29, 0.717) is 46.9 Å². The third-order valence-corrected chi connectivity index (χ3v) is 4.66. The van der Waals surface area contributed by atoms with Gasteiger partial charge in [0, 0.05) is 17.1 Å². The van der Waals surface area contributed by atoms with Crippen molar-refractivity contribution in [2.75, 3.05) is 13.2 Å². The van der Waals surface area contributed by atoms with Gasteiger partial charge in [-0.25, -0.2) is 0 Å². The first kappa shape index (κ1) is 17.1. The first-order valence-electron chi connectivity index (χ1n) is 8.86. The molecule has 1 atom stereocenters. The Morgan fingerprint density at radius 2 is 1.89 bits per heavy atom. The number of hydrogen-bond donors (Lipinski definition) is 2. The Bertz CT molecular complexity index is 1090. The zero-order chi connectivity index (χ0) is 19.0. The van der Waals surface area contributed by atoms with Crippen LogP contribution in [0.5, 0.6) is 11.5 Å². The molecule has 6 heteroatoms. The summed E-state index contributed by atoms with van der Waals surface area (Å²) < 4.78 is 11.1. The van der Waals surface area contributed by atoms with Gasteiger partial charge in [-0.1, -0.05) is 12.1 Å². The highest BCUT2D eigenvalue weighted by Crippen LogP contribution is 2.32. The summed E-state index contributed by atoms with van der Waals surface area (Å²) >= 11 is 0. The van der Waals surface area contributed by atoms with Crippen LogP contribution in [0.15, 0.2) is 47.3 Å². The van der Waals surface area contributed by atoms with E-state index in [0.717, 1.165) is 5.56 Å². The molecular weight excluding hydrogens is 344 g/mol. The lowest BCUT2D eigenvalue weighted by molar-refractivity contribution is 0.0941. The Hall–Kier alpha value is -3.28. The fourth-order valence-corrected chi connectivity index (χ4v) is 3.28. The Balaban J connectivity index is 1.63. The number of hydrogen-bond acceptors (Lipinski definition) is 4. The normalized spacial score (nSPS) is 14.0. The molecule has 1 aliphatic rings. The molecule has 1 amide bonds. The maximum absolute atomic E-state index is 12.9. The van der Waals surface area contributed by atoms with Crippen LogP contribution in [-0.2, 0) is 0 Å². The summed E-state index contributed by atoms with van der Waals surface area (Å²) in [6.45, 7) is 4.76. The Labute approximate surface area is 156 Å². The summed E-state index contributed by atoms with van der Waals surface area (Å²) in [5, 5.41) is 3.49. The van der Waals surface area contributed by atoms with E-state index in [1.165, 1.54) is 6.07 Å². The molecule has 0 saturated heterocycles. The van der Waals surface area contributed by atoms with Gasteiger partial charge in [-0.05, 0) is 43.7 Å². The molecule has 1 aliphatic heterocycles. The number of pyridine rings is 1. The van der Waals surface area contributed by atoms with E-state index in [1.54, 1.807) is 25.1 Å². The fourth-order valence-electron chi connectivity index (χ4n) is 3.28. The lowest BCUT2D eigenvalue weighted by atomic mass is 10.1. The third-order valence-electron chi connectivity index (χ3n) is 4.66. The number of nitrogens with one attached hydrogen (secondary N) is 2. The first-order valence-corrected chi connectivity index (χ1v) is 8.86. The summed E-state index contributed by atoms with van der Waals surface area (Å²) in [5.74, 6) is 1.15. The zero-order valence-corrected chi connectivity index (χ0v) is 15.2. The quantitative estimate of drug-likeness (QED) is 0.748. The number of carbonyl (C=O) groups is 1. The van der Waals surface area contributed by atoms with Gasteiger partial charge in [0.25, 0.3) is 5.91 Å². The molecule has 0 unspecified atom stereocenters. The highest BCUT2D eigenvalue weighted by Gasteiger charge is 2.18. The van der Waals surface area contributed by atoms with E-state index in [9.17, 15) is 9.59 Å². The van der Waals surface area contributed by atoms with Crippen LogP contribution in [-0.4, -0.2) is 24.1 Å². The van der Waals surface area contributed by atoms with Crippen molar-refractivity contribution < 1.29 is 14.3 Å². The van der Waals surface area contributed by atoms with Crippen LogP contribution in [0.4, 0.5) is 0 Å². The van der Waals surface area contributed by atoms with Crippen LogP contribution in [0.3, 0.4) is 0 Å². The highest BCUT2D eigenvalue weighted by molar-refractivity contribution is 6.05. The van der Waals surface area contributed by atoms with E-state index in [2.05, 4.69) is 10.3 Å². The minimum absolute atomic E-state index is 0.101. The fraction of sp³-hybridized carbons (Fsp3) is 0.238. The number of para-hydroxylation sites is 1. The number of carbonyl (C=O) groups excluding carboxylic acids is 1. The van der Waals surface area contributed by atoms with Gasteiger partial charge in [-0.2, -0.15) is 0 Å². The Morgan fingerprint density at radius 3 is 2.70 bits per heavy atom. The number of ether oxygens (including phenoxy) is 2. The van der Waals surface area contributed by atoms with E-state index < -0.39 is 0 Å². The Kier molecular flexibility index (Phi) is 4.32. The van der Waals surface area contributed by atoms with Crippen molar-refractivity contribution >= 4 is 16.8 Å². The summed E-state index contributed by atoms with van der Waals surface area (Å²) in [6, 6.07) is 12.1. The van der Waals surface area contributed by atoms with Gasteiger partial charge < -0.3 is 19.8 Å². The van der Waals surface area contributed by atoms with Crippen molar-refractivity contribution in [3.8, 4) is 11.5 Å². The minimum atomic E-state index is -0.246. The second kappa shape index (κ2) is 6.79. The van der Waals surface area contributed by atoms with Gasteiger partial charge in [0.1, 0.15) is 13.2 Å². The number of aromatic nitrogens is 1. The van der Waals surface area contributed by atoms with Crippen molar-refractivity contribution in [1.82, 2.24) is 10.3 Å². The average molecular weight is 364 g/mol. The molecule has 0 fully saturated rings. The second-order valence-corrected chi connectivity index (χ2v) is 6.64. The summed E-state index contributed by atoms with van der Waals surface area (Å²) in [4.78, 5) is 28.2. The molecule has 1 aromatic heterocycles. The van der Waals surface area contributed by atoms with Crippen LogP contribution in [0.1, 0.15) is 34.6 Å². The number of aryl methyl sites for hydroxylation is 1. The molecule has 0 aliphatic carbocycles. The molecule has 6 nitrogen and oxygen atoms in total. The smallest absolute Gasteiger partial charge is 0.253 e. The van der Waals surface area contributed by atoms with Crippen LogP contribution in [0, 0.1) is 6.92 Å². The van der Waals surface area contributed by atoms with Gasteiger partial charge in [0.2, 0.25) is 0 Å². The number of rotatable bonds is 3. The van der Waals surface area contributed by atoms with Crippen molar-refractivity contribution in [3.63, 3.8) is 0 Å². The second-order valence-electron chi connectivity index (χ2n) is 6.64. The highest BCUT2D eigenvalue weighted by atomic mass is 16.6. The summed E-state index contributed by atoms with van der Waals surface area (Å²) in [6.07, 6.45) is 0. The van der Waals surface area contributed by atoms with Gasteiger partial charge >= 0.3 is 0 Å². The predicted molar refractivity (Wildman–Crippen MR) is 103 cm³/mol. The largest absolute Gasteiger partial charge is 0.486 e. The van der Waals surface area contributed by atoms with Crippen molar-refractivity contribution in [1.29, 1.82) is 0 Å². The van der Waals surface area contributed by atoms with Crippen LogP contribution in [0.2, 0.25) is 0 Å². The zero-order valence-electron chi connectivity index (χ0n) is 15.2. The first-order chi connectivity index (χ1) is 13.0. The standard InChI is InChI=1S/C21H20N2O4/c1-12-10-17(24)15-4-3-5-16(20(15)22-12)21(25)23-13(2)14-6-7-18-19(11-14)27-9-8-26-18/h3-7,10-11,13H,8-9H2,1-2H3,(H,22,24)(H,23,25)/t13-/m1/s1. The van der Waals surface area contributed by atoms with E-state index in [1.807, 2.05) is 25.1 Å². The van der Waals surface area contributed by atoms with Crippen LogP contribution >= 0.6 is 0 Å². The minimum Gasteiger partial charge on any atom is -0.486 e. The monoisotopic (exact) mass is 364 g/mol. The molecular formula is C21H20N2O4. The number of aromatic amines is 1. The van der Waals surface area contributed by atoms with Crippen molar-refractivity contribution in [2.24, 2.45) is 0 Å². The molecule has 0 radical (unpaired) electrons. The summed E-state index contributed by atoms with van der Waals surface area (Å²) in [7, 11) is 0. The van der Waals surface area contributed by atoms with Crippen molar-refractivity contribution in [3.05, 3.63) is 69.5 Å². The molecule has 2 N–H and O–H groups in total. The maximum Gasteiger partial charge on any atom is 0.253 e. The van der Waals surface area contributed by atoms with Gasteiger partial charge in [0.15, 0.2) is 16.9 Å². The van der Waals surface area contributed by atoms with Gasteiger partial charge in [-0.15, -0.1) is 0 Å². The SMILES string of the molecule is Cc1cc(=O)c2cccc(C(=O)N[C@H](C)c3ccc4c(c3)OCCO4)c2[nH]1. The molecule has 4 rings (SSSR count).